The van der Waals surface area contributed by atoms with Gasteiger partial charge in [0.2, 0.25) is 11.8 Å². The van der Waals surface area contributed by atoms with Crippen LogP contribution in [0.15, 0.2) is 5.16 Å². The topological polar surface area (TPSA) is 103 Å². The molecule has 1 aromatic heterocycles. The van der Waals surface area contributed by atoms with Gasteiger partial charge in [0.25, 0.3) is 0 Å². The van der Waals surface area contributed by atoms with Gasteiger partial charge in [0.1, 0.15) is 5.82 Å². The summed E-state index contributed by atoms with van der Waals surface area (Å²) >= 11 is 1.47. The standard InChI is InChI=1S/C19H33N5O2S/c1-12(2)11-24-16(10-9-15(20)25)22-23-19(24)27-17(13(3)4)18(26)21-14-7-5-6-8-14/h12-14,17H,5-11H2,1-4H3,(H2,20,25)(H,21,26). The van der Waals surface area contributed by atoms with Crippen LogP contribution < -0.4 is 11.1 Å². The van der Waals surface area contributed by atoms with Gasteiger partial charge in [-0.3, -0.25) is 9.59 Å². The third-order valence-corrected chi connectivity index (χ3v) is 6.26. The summed E-state index contributed by atoms with van der Waals surface area (Å²) in [6.45, 7) is 9.11. The molecule has 0 spiro atoms. The number of hydrogen-bond donors (Lipinski definition) is 2. The van der Waals surface area contributed by atoms with E-state index in [0.29, 0.717) is 18.4 Å². The average molecular weight is 396 g/mol. The van der Waals surface area contributed by atoms with E-state index in [9.17, 15) is 9.59 Å². The molecule has 1 aliphatic carbocycles. The number of nitrogens with zero attached hydrogens (tertiary/aromatic N) is 3. The molecular formula is C19H33N5O2S. The number of rotatable bonds is 10. The Balaban J connectivity index is 2.15. The summed E-state index contributed by atoms with van der Waals surface area (Å²) in [5.74, 6) is 1.06. The first-order valence-electron chi connectivity index (χ1n) is 9.95. The number of carbonyl (C=O) groups is 2. The highest BCUT2D eigenvalue weighted by Crippen LogP contribution is 2.29. The molecule has 0 aromatic carbocycles. The maximum atomic E-state index is 12.8. The molecule has 2 rings (SSSR count). The van der Waals surface area contributed by atoms with Crippen molar-refractivity contribution in [2.45, 2.75) is 89.2 Å². The molecule has 0 aliphatic heterocycles. The monoisotopic (exact) mass is 395 g/mol. The Morgan fingerprint density at radius 1 is 1.22 bits per heavy atom. The Hall–Kier alpha value is -1.57. The number of primary amides is 1. The van der Waals surface area contributed by atoms with Crippen molar-refractivity contribution in [3.63, 3.8) is 0 Å². The number of aryl methyl sites for hydroxylation is 1. The fourth-order valence-corrected chi connectivity index (χ4v) is 4.40. The number of thioether (sulfide) groups is 1. The molecule has 1 unspecified atom stereocenters. The first kappa shape index (κ1) is 21.7. The van der Waals surface area contributed by atoms with Gasteiger partial charge in [-0.15, -0.1) is 10.2 Å². The number of hydrogen-bond acceptors (Lipinski definition) is 5. The lowest BCUT2D eigenvalue weighted by Crippen LogP contribution is -2.41. The van der Waals surface area contributed by atoms with Gasteiger partial charge in [-0.2, -0.15) is 0 Å². The van der Waals surface area contributed by atoms with E-state index < -0.39 is 0 Å². The fourth-order valence-electron chi connectivity index (χ4n) is 3.33. The smallest absolute Gasteiger partial charge is 0.234 e. The van der Waals surface area contributed by atoms with Crippen LogP contribution in [-0.4, -0.2) is 37.9 Å². The summed E-state index contributed by atoms with van der Waals surface area (Å²) in [4.78, 5) is 24.0. The lowest BCUT2D eigenvalue weighted by Gasteiger charge is -2.22. The molecule has 27 heavy (non-hydrogen) atoms. The van der Waals surface area contributed by atoms with Crippen molar-refractivity contribution < 1.29 is 9.59 Å². The molecule has 1 fully saturated rings. The van der Waals surface area contributed by atoms with E-state index in [2.05, 4.69) is 43.2 Å². The van der Waals surface area contributed by atoms with Gasteiger partial charge in [0.15, 0.2) is 5.16 Å². The van der Waals surface area contributed by atoms with Crippen LogP contribution in [0.3, 0.4) is 0 Å². The highest BCUT2D eigenvalue weighted by atomic mass is 32.2. The molecule has 0 bridgehead atoms. The molecule has 1 atom stereocenters. The molecule has 0 saturated heterocycles. The summed E-state index contributed by atoms with van der Waals surface area (Å²) in [6, 6.07) is 0.305. The van der Waals surface area contributed by atoms with Crippen LogP contribution >= 0.6 is 11.8 Å². The first-order valence-corrected chi connectivity index (χ1v) is 10.8. The Kier molecular flexibility index (Phi) is 8.13. The SMILES string of the molecule is CC(C)Cn1c(CCC(N)=O)nnc1SC(C(=O)NC1CCCC1)C(C)C. The van der Waals surface area contributed by atoms with E-state index >= 15 is 0 Å². The maximum absolute atomic E-state index is 12.8. The van der Waals surface area contributed by atoms with Gasteiger partial charge in [0.05, 0.1) is 5.25 Å². The molecular weight excluding hydrogens is 362 g/mol. The normalized spacial score (nSPS) is 16.2. The van der Waals surface area contributed by atoms with E-state index in [-0.39, 0.29) is 29.4 Å². The van der Waals surface area contributed by atoms with Crippen molar-refractivity contribution in [1.29, 1.82) is 0 Å². The van der Waals surface area contributed by atoms with Crippen LogP contribution in [0.25, 0.3) is 0 Å². The van der Waals surface area contributed by atoms with Crippen molar-refractivity contribution in [1.82, 2.24) is 20.1 Å². The predicted molar refractivity (Wildman–Crippen MR) is 107 cm³/mol. The van der Waals surface area contributed by atoms with Gasteiger partial charge in [0, 0.05) is 25.4 Å². The second-order valence-electron chi connectivity index (χ2n) is 8.14. The summed E-state index contributed by atoms with van der Waals surface area (Å²) < 4.78 is 2.04. The van der Waals surface area contributed by atoms with Gasteiger partial charge in [-0.1, -0.05) is 52.3 Å². The number of nitrogens with one attached hydrogen (secondary N) is 1. The van der Waals surface area contributed by atoms with Crippen molar-refractivity contribution in [3.05, 3.63) is 5.82 Å². The molecule has 7 nitrogen and oxygen atoms in total. The molecule has 152 valence electrons. The molecule has 8 heteroatoms. The average Bonchev–Trinajstić information content (AvgIpc) is 3.20. The minimum absolute atomic E-state index is 0.0830. The second kappa shape index (κ2) is 10.1. The van der Waals surface area contributed by atoms with Crippen LogP contribution in [0.5, 0.6) is 0 Å². The van der Waals surface area contributed by atoms with Crippen LogP contribution in [-0.2, 0) is 22.6 Å². The number of aromatic nitrogens is 3. The number of carbonyl (C=O) groups excluding carboxylic acids is 2. The van der Waals surface area contributed by atoms with Crippen LogP contribution in [0.1, 0.15) is 65.6 Å². The Morgan fingerprint density at radius 2 is 1.89 bits per heavy atom. The van der Waals surface area contributed by atoms with E-state index in [1.165, 1.54) is 24.6 Å². The number of nitrogens with two attached hydrogens (primary N) is 1. The first-order chi connectivity index (χ1) is 12.8. The Morgan fingerprint density at radius 3 is 2.44 bits per heavy atom. The summed E-state index contributed by atoms with van der Waals surface area (Å²) in [7, 11) is 0. The largest absolute Gasteiger partial charge is 0.370 e. The van der Waals surface area contributed by atoms with E-state index in [0.717, 1.165) is 30.4 Å². The third-order valence-electron chi connectivity index (χ3n) is 4.73. The number of amides is 2. The molecule has 1 saturated carbocycles. The zero-order valence-corrected chi connectivity index (χ0v) is 17.7. The quantitative estimate of drug-likeness (QED) is 0.593. The van der Waals surface area contributed by atoms with Gasteiger partial charge < -0.3 is 15.6 Å². The fraction of sp³-hybridized carbons (Fsp3) is 0.789. The Bertz CT molecular complexity index is 638. The summed E-state index contributed by atoms with van der Waals surface area (Å²) in [6.07, 6.45) is 5.24. The third kappa shape index (κ3) is 6.52. The summed E-state index contributed by atoms with van der Waals surface area (Å²) in [5, 5.41) is 12.3. The zero-order chi connectivity index (χ0) is 20.0. The maximum Gasteiger partial charge on any atom is 0.234 e. The van der Waals surface area contributed by atoms with Crippen LogP contribution in [0.2, 0.25) is 0 Å². The molecule has 2 amide bonds. The minimum atomic E-state index is -0.348. The molecule has 1 heterocycles. The van der Waals surface area contributed by atoms with Crippen LogP contribution in [0, 0.1) is 11.8 Å². The molecule has 1 aliphatic rings. The van der Waals surface area contributed by atoms with Crippen LogP contribution in [0.4, 0.5) is 0 Å². The van der Waals surface area contributed by atoms with Crippen molar-refractivity contribution in [2.24, 2.45) is 17.6 Å². The lowest BCUT2D eigenvalue weighted by molar-refractivity contribution is -0.122. The van der Waals surface area contributed by atoms with Crippen molar-refractivity contribution in [2.75, 3.05) is 0 Å². The van der Waals surface area contributed by atoms with Crippen molar-refractivity contribution in [3.8, 4) is 0 Å². The van der Waals surface area contributed by atoms with Crippen molar-refractivity contribution >= 4 is 23.6 Å². The minimum Gasteiger partial charge on any atom is -0.370 e. The second-order valence-corrected chi connectivity index (χ2v) is 9.25. The predicted octanol–water partition coefficient (Wildman–Crippen LogP) is 2.53. The molecule has 3 N–H and O–H groups in total. The Labute approximate surface area is 166 Å². The van der Waals surface area contributed by atoms with E-state index in [4.69, 9.17) is 5.73 Å². The summed E-state index contributed by atoms with van der Waals surface area (Å²) in [5.41, 5.74) is 5.28. The lowest BCUT2D eigenvalue weighted by atomic mass is 10.1. The molecule has 0 radical (unpaired) electrons. The van der Waals surface area contributed by atoms with Gasteiger partial charge in [-0.25, -0.2) is 0 Å². The van der Waals surface area contributed by atoms with E-state index in [1.807, 2.05) is 4.57 Å². The van der Waals surface area contributed by atoms with Gasteiger partial charge >= 0.3 is 0 Å². The van der Waals surface area contributed by atoms with E-state index in [1.54, 1.807) is 0 Å². The molecule has 1 aromatic rings. The van der Waals surface area contributed by atoms with Gasteiger partial charge in [-0.05, 0) is 24.7 Å². The highest BCUT2D eigenvalue weighted by molar-refractivity contribution is 8.00. The zero-order valence-electron chi connectivity index (χ0n) is 16.9. The highest BCUT2D eigenvalue weighted by Gasteiger charge is 2.29.